The molecule has 0 bridgehead atoms. The third-order valence-electron chi connectivity index (χ3n) is 7.23. The molecule has 0 N–H and O–H groups in total. The summed E-state index contributed by atoms with van der Waals surface area (Å²) in [6.45, 7) is 6.88. The van der Waals surface area contributed by atoms with Gasteiger partial charge in [0, 0.05) is 64.5 Å². The summed E-state index contributed by atoms with van der Waals surface area (Å²) in [5.74, 6) is 0.426. The standard InChI is InChI=1S/C28H28ClN7O2S2/c29-24-25(32-40-31-24)34-13-15-35(16-14-34)27(38)22-8-4-7-21(17-22)18-23-26(37)30-28(39-23)36-11-9-33(10-12-36)19-20-5-2-1-3-6-20/h1-8,17-18H,9-16,19H2. The minimum atomic E-state index is -0.227. The van der Waals surface area contributed by atoms with E-state index in [1.54, 1.807) is 0 Å². The molecule has 12 heteroatoms. The lowest BCUT2D eigenvalue weighted by molar-refractivity contribution is -0.113. The van der Waals surface area contributed by atoms with E-state index in [4.69, 9.17) is 11.6 Å². The molecule has 2 amide bonds. The van der Waals surface area contributed by atoms with Gasteiger partial charge in [-0.1, -0.05) is 54.1 Å². The zero-order chi connectivity index (χ0) is 27.5. The Morgan fingerprint density at radius 2 is 1.65 bits per heavy atom. The number of hydrogen-bond donors (Lipinski definition) is 0. The van der Waals surface area contributed by atoms with Gasteiger partial charge in [0.25, 0.3) is 11.8 Å². The van der Waals surface area contributed by atoms with E-state index in [1.807, 2.05) is 41.3 Å². The molecule has 206 valence electrons. The third kappa shape index (κ3) is 6.07. The van der Waals surface area contributed by atoms with Crippen LogP contribution in [-0.4, -0.2) is 92.8 Å². The highest BCUT2D eigenvalue weighted by Gasteiger charge is 2.29. The van der Waals surface area contributed by atoms with E-state index in [0.29, 0.717) is 47.6 Å². The number of aromatic nitrogens is 2. The van der Waals surface area contributed by atoms with Crippen LogP contribution in [0.3, 0.4) is 0 Å². The number of carbonyl (C=O) groups excluding carboxylic acids is 2. The van der Waals surface area contributed by atoms with Crippen molar-refractivity contribution in [3.63, 3.8) is 0 Å². The van der Waals surface area contributed by atoms with Gasteiger partial charge in [-0.3, -0.25) is 14.5 Å². The molecule has 2 saturated heterocycles. The van der Waals surface area contributed by atoms with Crippen molar-refractivity contribution >= 4 is 64.0 Å². The third-order valence-corrected chi connectivity index (χ3v) is 9.15. The number of hydrogen-bond acceptors (Lipinski definition) is 9. The summed E-state index contributed by atoms with van der Waals surface area (Å²) in [7, 11) is 0. The number of piperazine rings is 2. The molecule has 0 radical (unpaired) electrons. The molecule has 0 atom stereocenters. The Morgan fingerprint density at radius 3 is 2.38 bits per heavy atom. The van der Waals surface area contributed by atoms with Crippen molar-refractivity contribution in [2.75, 3.05) is 57.3 Å². The van der Waals surface area contributed by atoms with Gasteiger partial charge < -0.3 is 14.7 Å². The van der Waals surface area contributed by atoms with Gasteiger partial charge in [0.2, 0.25) is 0 Å². The van der Waals surface area contributed by atoms with Crippen LogP contribution in [0.25, 0.3) is 6.08 Å². The second-order valence-corrected chi connectivity index (χ2v) is 11.7. The van der Waals surface area contributed by atoms with E-state index >= 15 is 0 Å². The first-order valence-corrected chi connectivity index (χ1v) is 15.1. The molecule has 2 aromatic carbocycles. The lowest BCUT2D eigenvalue weighted by Crippen LogP contribution is -2.49. The fourth-order valence-corrected chi connectivity index (χ4v) is 6.79. The van der Waals surface area contributed by atoms with E-state index in [0.717, 1.165) is 55.2 Å². The lowest BCUT2D eigenvalue weighted by atomic mass is 10.1. The highest BCUT2D eigenvalue weighted by atomic mass is 35.5. The first-order valence-electron chi connectivity index (χ1n) is 13.2. The number of rotatable bonds is 5. The van der Waals surface area contributed by atoms with Crippen molar-refractivity contribution in [1.82, 2.24) is 23.4 Å². The molecular weight excluding hydrogens is 566 g/mol. The number of amides is 2. The maximum absolute atomic E-state index is 13.2. The van der Waals surface area contributed by atoms with Gasteiger partial charge in [0.15, 0.2) is 16.1 Å². The van der Waals surface area contributed by atoms with Crippen molar-refractivity contribution in [2.24, 2.45) is 4.99 Å². The van der Waals surface area contributed by atoms with Crippen LogP contribution in [0.15, 0.2) is 64.5 Å². The van der Waals surface area contributed by atoms with Gasteiger partial charge >= 0.3 is 0 Å². The van der Waals surface area contributed by atoms with Crippen LogP contribution in [0.4, 0.5) is 5.82 Å². The number of aliphatic imine (C=N–C) groups is 1. The van der Waals surface area contributed by atoms with E-state index in [-0.39, 0.29) is 11.8 Å². The van der Waals surface area contributed by atoms with Crippen LogP contribution < -0.4 is 4.90 Å². The molecule has 0 saturated carbocycles. The quantitative estimate of drug-likeness (QED) is 0.411. The first-order chi connectivity index (χ1) is 19.5. The Hall–Kier alpha value is -3.25. The molecule has 6 rings (SSSR count). The molecule has 0 unspecified atom stereocenters. The SMILES string of the molecule is O=C1N=C(N2CCN(Cc3ccccc3)CC2)SC1=Cc1cccc(C(=O)N2CCN(c3nsnc3Cl)CC2)c1. The fraction of sp³-hybridized carbons (Fsp3) is 0.321. The zero-order valence-corrected chi connectivity index (χ0v) is 24.2. The summed E-state index contributed by atoms with van der Waals surface area (Å²) >= 11 is 8.63. The maximum Gasteiger partial charge on any atom is 0.286 e. The largest absolute Gasteiger partial charge is 0.350 e. The fourth-order valence-electron chi connectivity index (χ4n) is 5.05. The number of benzene rings is 2. The molecule has 1 aromatic heterocycles. The molecule has 3 aliphatic rings. The molecule has 3 aliphatic heterocycles. The normalized spacial score (nSPS) is 19.4. The van der Waals surface area contributed by atoms with Crippen molar-refractivity contribution in [3.8, 4) is 0 Å². The van der Waals surface area contributed by atoms with Crippen LogP contribution in [0.1, 0.15) is 21.5 Å². The monoisotopic (exact) mass is 593 g/mol. The average molecular weight is 594 g/mol. The number of halogens is 1. The Morgan fingerprint density at radius 1 is 0.900 bits per heavy atom. The summed E-state index contributed by atoms with van der Waals surface area (Å²) in [5, 5.41) is 1.17. The summed E-state index contributed by atoms with van der Waals surface area (Å²) in [6, 6.07) is 17.9. The van der Waals surface area contributed by atoms with E-state index in [1.165, 1.54) is 17.3 Å². The summed E-state index contributed by atoms with van der Waals surface area (Å²) in [4.78, 5) is 39.4. The summed E-state index contributed by atoms with van der Waals surface area (Å²) in [6.07, 6.45) is 1.83. The molecule has 3 aromatic rings. The number of carbonyl (C=O) groups is 2. The second kappa shape index (κ2) is 12.1. The molecule has 4 heterocycles. The maximum atomic E-state index is 13.2. The number of nitrogens with zero attached hydrogens (tertiary/aromatic N) is 7. The van der Waals surface area contributed by atoms with Crippen molar-refractivity contribution in [2.45, 2.75) is 6.54 Å². The second-order valence-electron chi connectivity index (χ2n) is 9.84. The Bertz CT molecular complexity index is 1450. The van der Waals surface area contributed by atoms with Crippen LogP contribution in [0, 0.1) is 0 Å². The highest BCUT2D eigenvalue weighted by molar-refractivity contribution is 8.18. The van der Waals surface area contributed by atoms with Crippen LogP contribution >= 0.6 is 35.1 Å². The number of anilines is 1. The summed E-state index contributed by atoms with van der Waals surface area (Å²) in [5.41, 5.74) is 2.72. The van der Waals surface area contributed by atoms with Gasteiger partial charge in [-0.2, -0.15) is 13.7 Å². The van der Waals surface area contributed by atoms with Crippen LogP contribution in [-0.2, 0) is 11.3 Å². The zero-order valence-electron chi connectivity index (χ0n) is 21.8. The van der Waals surface area contributed by atoms with Gasteiger partial charge in [0.1, 0.15) is 0 Å². The van der Waals surface area contributed by atoms with Gasteiger partial charge in [-0.05, 0) is 41.1 Å². The Labute approximate surface area is 246 Å². The van der Waals surface area contributed by atoms with Crippen LogP contribution in [0.2, 0.25) is 5.15 Å². The molecule has 0 aliphatic carbocycles. The molecule has 0 spiro atoms. The lowest BCUT2D eigenvalue weighted by Gasteiger charge is -2.35. The van der Waals surface area contributed by atoms with E-state index < -0.39 is 0 Å². The van der Waals surface area contributed by atoms with Gasteiger partial charge in [0.05, 0.1) is 16.6 Å². The number of thioether (sulfide) groups is 1. The Kier molecular flexibility index (Phi) is 8.15. The average Bonchev–Trinajstić information content (AvgIpc) is 3.58. The predicted molar refractivity (Wildman–Crippen MR) is 161 cm³/mol. The van der Waals surface area contributed by atoms with E-state index in [9.17, 15) is 9.59 Å². The molecule has 9 nitrogen and oxygen atoms in total. The summed E-state index contributed by atoms with van der Waals surface area (Å²) < 4.78 is 8.29. The minimum absolute atomic E-state index is 0.0295. The molecular formula is C28H28ClN7O2S2. The number of amidine groups is 1. The van der Waals surface area contributed by atoms with Crippen molar-refractivity contribution in [3.05, 3.63) is 81.3 Å². The highest BCUT2D eigenvalue weighted by Crippen LogP contribution is 2.31. The van der Waals surface area contributed by atoms with Crippen LogP contribution in [0.5, 0.6) is 0 Å². The molecule has 2 fully saturated rings. The van der Waals surface area contributed by atoms with Gasteiger partial charge in [-0.15, -0.1) is 0 Å². The molecule has 40 heavy (non-hydrogen) atoms. The predicted octanol–water partition coefficient (Wildman–Crippen LogP) is 3.94. The van der Waals surface area contributed by atoms with Crippen molar-refractivity contribution in [1.29, 1.82) is 0 Å². The topological polar surface area (TPSA) is 85.2 Å². The minimum Gasteiger partial charge on any atom is -0.350 e. The van der Waals surface area contributed by atoms with Gasteiger partial charge in [-0.25, -0.2) is 0 Å². The van der Waals surface area contributed by atoms with Crippen molar-refractivity contribution < 1.29 is 9.59 Å². The smallest absolute Gasteiger partial charge is 0.286 e. The van der Waals surface area contributed by atoms with E-state index in [2.05, 4.69) is 52.7 Å². The Balaban J connectivity index is 1.04. The first kappa shape index (κ1) is 26.9.